The van der Waals surface area contributed by atoms with E-state index in [1.807, 2.05) is 12.1 Å². The molecule has 154 valence electrons. The number of nitriles is 1. The fraction of sp³-hybridized carbons (Fsp3) is 0.348. The lowest BCUT2D eigenvalue weighted by molar-refractivity contribution is -0.118. The van der Waals surface area contributed by atoms with E-state index in [9.17, 15) is 10.1 Å². The minimum absolute atomic E-state index is 0.0583. The summed E-state index contributed by atoms with van der Waals surface area (Å²) < 4.78 is 0. The molecule has 0 saturated heterocycles. The molecule has 0 bridgehead atoms. The van der Waals surface area contributed by atoms with Gasteiger partial charge in [0.25, 0.3) is 0 Å². The second-order valence-corrected chi connectivity index (χ2v) is 10.0. The molecule has 2 aromatic heterocycles. The normalized spacial score (nSPS) is 21.0. The molecule has 0 radical (unpaired) electrons. The lowest BCUT2D eigenvalue weighted by atomic mass is 9.69. The van der Waals surface area contributed by atoms with Gasteiger partial charge in [-0.15, -0.1) is 11.3 Å². The highest BCUT2D eigenvalue weighted by Crippen LogP contribution is 2.51. The monoisotopic (exact) mass is 438 g/mol. The van der Waals surface area contributed by atoms with Crippen molar-refractivity contribution in [3.63, 3.8) is 0 Å². The van der Waals surface area contributed by atoms with Gasteiger partial charge in [0, 0.05) is 33.6 Å². The molecule has 1 aliphatic carbocycles. The summed E-state index contributed by atoms with van der Waals surface area (Å²) >= 11 is 8.04. The van der Waals surface area contributed by atoms with Crippen LogP contribution in [-0.4, -0.2) is 10.8 Å². The first-order valence-corrected chi connectivity index (χ1v) is 11.1. The lowest BCUT2D eigenvalue weighted by Gasteiger charge is -2.43. The third-order valence-corrected chi connectivity index (χ3v) is 7.26. The summed E-state index contributed by atoms with van der Waals surface area (Å²) in [6.07, 6.45) is 3.60. The van der Waals surface area contributed by atoms with Gasteiger partial charge in [0.05, 0.1) is 23.2 Å². The number of aromatic nitrogens is 1. The van der Waals surface area contributed by atoms with Crippen molar-refractivity contribution in [1.29, 1.82) is 5.26 Å². The van der Waals surface area contributed by atoms with E-state index >= 15 is 0 Å². The number of allylic oxidation sites excluding steroid dienone is 3. The molecule has 2 aromatic rings. The van der Waals surface area contributed by atoms with Crippen molar-refractivity contribution in [2.45, 2.75) is 46.0 Å². The summed E-state index contributed by atoms with van der Waals surface area (Å²) in [6.45, 7) is 6.25. The topological polar surface area (TPSA) is 83.0 Å². The molecule has 0 amide bonds. The van der Waals surface area contributed by atoms with Gasteiger partial charge in [0.15, 0.2) is 10.9 Å². The van der Waals surface area contributed by atoms with Crippen LogP contribution < -0.4 is 10.6 Å². The molecule has 0 aromatic carbocycles. The van der Waals surface area contributed by atoms with Gasteiger partial charge in [-0.1, -0.05) is 32.4 Å². The van der Waals surface area contributed by atoms with Crippen LogP contribution in [0.1, 0.15) is 49.3 Å². The number of aryl methyl sites for hydroxylation is 1. The maximum absolute atomic E-state index is 13.4. The molecule has 5 nitrogen and oxygen atoms in total. The van der Waals surface area contributed by atoms with Crippen LogP contribution in [0.2, 0.25) is 5.15 Å². The number of anilines is 1. The minimum atomic E-state index is -0.439. The summed E-state index contributed by atoms with van der Waals surface area (Å²) in [6, 6.07) is 9.96. The SMILES string of the molecule is CCc1ccc(C2C(C#N)=C(N)N(c3cccnc3Cl)C3=C2C(=O)CC(C)(C)C3)s1. The van der Waals surface area contributed by atoms with E-state index < -0.39 is 5.92 Å². The Morgan fingerprint density at radius 1 is 1.37 bits per heavy atom. The second-order valence-electron chi connectivity index (χ2n) is 8.45. The van der Waals surface area contributed by atoms with E-state index in [2.05, 4.69) is 37.9 Å². The predicted molar refractivity (Wildman–Crippen MR) is 120 cm³/mol. The molecule has 0 spiro atoms. The second kappa shape index (κ2) is 7.57. The summed E-state index contributed by atoms with van der Waals surface area (Å²) in [5.41, 5.74) is 8.82. The predicted octanol–water partition coefficient (Wildman–Crippen LogP) is 5.30. The van der Waals surface area contributed by atoms with E-state index in [1.165, 1.54) is 4.88 Å². The fourth-order valence-corrected chi connectivity index (χ4v) is 5.63. The highest BCUT2D eigenvalue weighted by Gasteiger charge is 2.45. The lowest BCUT2D eigenvalue weighted by Crippen LogP contribution is -2.42. The fourth-order valence-electron chi connectivity index (χ4n) is 4.35. The highest BCUT2D eigenvalue weighted by molar-refractivity contribution is 7.12. The van der Waals surface area contributed by atoms with Crippen LogP contribution in [0.3, 0.4) is 0 Å². The summed E-state index contributed by atoms with van der Waals surface area (Å²) in [5, 5.41) is 10.4. The zero-order chi connectivity index (χ0) is 21.6. The molecular formula is C23H23ClN4OS. The van der Waals surface area contributed by atoms with Crippen molar-refractivity contribution >= 4 is 34.4 Å². The molecule has 4 rings (SSSR count). The van der Waals surface area contributed by atoms with Crippen LogP contribution in [0.5, 0.6) is 0 Å². The van der Waals surface area contributed by atoms with E-state index in [4.69, 9.17) is 17.3 Å². The zero-order valence-corrected chi connectivity index (χ0v) is 18.8. The van der Waals surface area contributed by atoms with Crippen LogP contribution in [0.15, 0.2) is 53.1 Å². The standard InChI is InChI=1S/C23H23ClN4OS/c1-4-13-7-8-18(30-13)19-14(12-25)22(26)28(15-6-5-9-27-21(15)24)16-10-23(2,3)11-17(29)20(16)19/h5-9,19H,4,10-11,26H2,1-3H3. The van der Waals surface area contributed by atoms with E-state index in [0.717, 1.165) is 17.0 Å². The Kier molecular flexibility index (Phi) is 5.21. The third kappa shape index (κ3) is 3.32. The molecular weight excluding hydrogens is 416 g/mol. The number of rotatable bonds is 3. The minimum Gasteiger partial charge on any atom is -0.384 e. The number of carbonyl (C=O) groups excluding carboxylic acids is 1. The Bertz CT molecular complexity index is 1140. The number of pyridine rings is 1. The van der Waals surface area contributed by atoms with Crippen LogP contribution >= 0.6 is 22.9 Å². The largest absolute Gasteiger partial charge is 0.384 e. The number of nitrogens with two attached hydrogens (primary N) is 1. The number of nitrogens with zero attached hydrogens (tertiary/aromatic N) is 3. The van der Waals surface area contributed by atoms with Gasteiger partial charge < -0.3 is 5.73 Å². The number of hydrogen-bond donors (Lipinski definition) is 1. The maximum Gasteiger partial charge on any atom is 0.162 e. The van der Waals surface area contributed by atoms with Crippen LogP contribution in [0.4, 0.5) is 5.69 Å². The quantitative estimate of drug-likeness (QED) is 0.657. The van der Waals surface area contributed by atoms with Gasteiger partial charge in [-0.2, -0.15) is 5.26 Å². The number of ketones is 1. The van der Waals surface area contributed by atoms with Gasteiger partial charge in [0.2, 0.25) is 0 Å². The van der Waals surface area contributed by atoms with Gasteiger partial charge in [-0.3, -0.25) is 9.69 Å². The van der Waals surface area contributed by atoms with Crippen molar-refractivity contribution in [2.75, 3.05) is 4.90 Å². The number of Topliss-reactive ketones (excluding diaryl/α,β-unsaturated/α-hetero) is 1. The van der Waals surface area contributed by atoms with Gasteiger partial charge >= 0.3 is 0 Å². The number of hydrogen-bond acceptors (Lipinski definition) is 6. The molecule has 3 heterocycles. The van der Waals surface area contributed by atoms with Gasteiger partial charge in [-0.05, 0) is 42.5 Å². The van der Waals surface area contributed by atoms with E-state index in [0.29, 0.717) is 35.5 Å². The summed E-state index contributed by atoms with van der Waals surface area (Å²) in [7, 11) is 0. The third-order valence-electron chi connectivity index (χ3n) is 5.68. The molecule has 1 atom stereocenters. The first-order chi connectivity index (χ1) is 14.3. The highest BCUT2D eigenvalue weighted by atomic mass is 35.5. The van der Waals surface area contributed by atoms with Crippen LogP contribution in [0.25, 0.3) is 0 Å². The van der Waals surface area contributed by atoms with Crippen molar-refractivity contribution in [2.24, 2.45) is 11.1 Å². The summed E-state index contributed by atoms with van der Waals surface area (Å²) in [4.78, 5) is 21.6. The number of carbonyl (C=O) groups is 1. The van der Waals surface area contributed by atoms with Crippen molar-refractivity contribution < 1.29 is 4.79 Å². The Hall–Kier alpha value is -2.62. The van der Waals surface area contributed by atoms with Crippen LogP contribution in [-0.2, 0) is 11.2 Å². The Labute approximate surface area is 185 Å². The summed E-state index contributed by atoms with van der Waals surface area (Å²) in [5.74, 6) is -0.0679. The molecule has 30 heavy (non-hydrogen) atoms. The molecule has 1 aliphatic heterocycles. The smallest absolute Gasteiger partial charge is 0.162 e. The van der Waals surface area contributed by atoms with Crippen molar-refractivity contribution in [3.8, 4) is 6.07 Å². The molecule has 2 N–H and O–H groups in total. The first-order valence-electron chi connectivity index (χ1n) is 9.92. The molecule has 0 fully saturated rings. The average Bonchev–Trinajstić information content (AvgIpc) is 3.16. The zero-order valence-electron chi connectivity index (χ0n) is 17.2. The van der Waals surface area contributed by atoms with E-state index in [-0.39, 0.29) is 16.4 Å². The number of thiophene rings is 1. The van der Waals surface area contributed by atoms with E-state index in [1.54, 1.807) is 28.5 Å². The average molecular weight is 439 g/mol. The van der Waals surface area contributed by atoms with Gasteiger partial charge in [-0.25, -0.2) is 4.98 Å². The van der Waals surface area contributed by atoms with Crippen LogP contribution in [0, 0.1) is 16.7 Å². The molecule has 1 unspecified atom stereocenters. The van der Waals surface area contributed by atoms with Crippen molar-refractivity contribution in [1.82, 2.24) is 4.98 Å². The van der Waals surface area contributed by atoms with Gasteiger partial charge in [0.1, 0.15) is 5.82 Å². The molecule has 0 saturated carbocycles. The Morgan fingerprint density at radius 3 is 2.77 bits per heavy atom. The molecule has 7 heteroatoms. The molecule has 2 aliphatic rings. The number of halogens is 1. The maximum atomic E-state index is 13.4. The Balaban J connectivity index is 2.00. The Morgan fingerprint density at radius 2 is 2.13 bits per heavy atom. The van der Waals surface area contributed by atoms with Crippen molar-refractivity contribution in [3.05, 3.63) is 68.0 Å². The first kappa shape index (κ1) is 20.6.